The van der Waals surface area contributed by atoms with Crippen molar-refractivity contribution in [2.24, 2.45) is 0 Å². The van der Waals surface area contributed by atoms with Gasteiger partial charge in [0.05, 0.1) is 11.1 Å². The highest BCUT2D eigenvalue weighted by molar-refractivity contribution is 6.13. The van der Waals surface area contributed by atoms with Crippen LogP contribution in [0, 0.1) is 0 Å². The lowest BCUT2D eigenvalue weighted by Gasteiger charge is -2.27. The molecule has 0 amide bonds. The molecule has 10 aromatic rings. The van der Waals surface area contributed by atoms with Crippen LogP contribution in [0.15, 0.2) is 205 Å². The van der Waals surface area contributed by atoms with Crippen molar-refractivity contribution in [3.63, 3.8) is 0 Å². The summed E-state index contributed by atoms with van der Waals surface area (Å²) in [5.74, 6) is 0. The van der Waals surface area contributed by atoms with Crippen LogP contribution in [-0.4, -0.2) is 0 Å². The molecule has 2 nitrogen and oxygen atoms in total. The average molecular weight is 664 g/mol. The number of para-hydroxylation sites is 1. The normalized spacial score (nSPS) is 11.5. The van der Waals surface area contributed by atoms with Crippen molar-refractivity contribution in [3.8, 4) is 33.4 Å². The molecule has 0 N–H and O–H groups in total. The van der Waals surface area contributed by atoms with E-state index in [0.29, 0.717) is 0 Å². The van der Waals surface area contributed by atoms with E-state index < -0.39 is 0 Å². The molecule has 0 saturated heterocycles. The number of anilines is 3. The van der Waals surface area contributed by atoms with Gasteiger partial charge in [-0.2, -0.15) is 0 Å². The summed E-state index contributed by atoms with van der Waals surface area (Å²) in [5.41, 5.74) is 12.2. The van der Waals surface area contributed by atoms with Crippen LogP contribution in [0.2, 0.25) is 0 Å². The molecule has 9 aromatic carbocycles. The SMILES string of the molecule is c1ccc(-c2ccc3ccc(-c4ccc(N(c5cccc(-c6ccc7ccccc7c6)c5)c5cccc6oc7ccccc7c56)cc4)cc3c2)cc1. The van der Waals surface area contributed by atoms with Gasteiger partial charge in [0.15, 0.2) is 0 Å². The Bertz CT molecular complexity index is 2900. The van der Waals surface area contributed by atoms with Gasteiger partial charge in [0.25, 0.3) is 0 Å². The third-order valence-electron chi connectivity index (χ3n) is 10.2. The van der Waals surface area contributed by atoms with Gasteiger partial charge in [0.1, 0.15) is 11.2 Å². The predicted molar refractivity (Wildman–Crippen MR) is 220 cm³/mol. The molecule has 10 rings (SSSR count). The molecule has 0 bridgehead atoms. The smallest absolute Gasteiger partial charge is 0.137 e. The maximum atomic E-state index is 6.37. The first kappa shape index (κ1) is 30.0. The fourth-order valence-electron chi connectivity index (χ4n) is 7.60. The van der Waals surface area contributed by atoms with Crippen LogP contribution in [-0.2, 0) is 0 Å². The van der Waals surface area contributed by atoms with Crippen molar-refractivity contribution in [1.29, 1.82) is 0 Å². The van der Waals surface area contributed by atoms with Crippen LogP contribution >= 0.6 is 0 Å². The van der Waals surface area contributed by atoms with Crippen LogP contribution in [0.3, 0.4) is 0 Å². The number of nitrogens with zero attached hydrogens (tertiary/aromatic N) is 1. The maximum absolute atomic E-state index is 6.37. The minimum atomic E-state index is 0.872. The highest BCUT2D eigenvalue weighted by Crippen LogP contribution is 2.44. The summed E-state index contributed by atoms with van der Waals surface area (Å²) in [6, 6.07) is 71.8. The average Bonchev–Trinajstić information content (AvgIpc) is 3.61. The molecule has 1 heterocycles. The van der Waals surface area contributed by atoms with E-state index in [-0.39, 0.29) is 0 Å². The van der Waals surface area contributed by atoms with Crippen LogP contribution in [0.4, 0.5) is 17.1 Å². The summed E-state index contributed by atoms with van der Waals surface area (Å²) in [6.07, 6.45) is 0. The van der Waals surface area contributed by atoms with Crippen molar-refractivity contribution in [3.05, 3.63) is 200 Å². The second-order valence-corrected chi connectivity index (χ2v) is 13.4. The van der Waals surface area contributed by atoms with Crippen LogP contribution in [0.25, 0.3) is 76.9 Å². The third-order valence-corrected chi connectivity index (χ3v) is 10.2. The van der Waals surface area contributed by atoms with Gasteiger partial charge in [-0.15, -0.1) is 0 Å². The van der Waals surface area contributed by atoms with E-state index in [2.05, 4.69) is 193 Å². The fraction of sp³-hybridized carbons (Fsp3) is 0. The monoisotopic (exact) mass is 663 g/mol. The zero-order valence-electron chi connectivity index (χ0n) is 28.4. The lowest BCUT2D eigenvalue weighted by Crippen LogP contribution is -2.10. The van der Waals surface area contributed by atoms with Gasteiger partial charge in [0.2, 0.25) is 0 Å². The second kappa shape index (κ2) is 12.5. The van der Waals surface area contributed by atoms with Gasteiger partial charge >= 0.3 is 0 Å². The van der Waals surface area contributed by atoms with Crippen molar-refractivity contribution >= 4 is 60.5 Å². The summed E-state index contributed by atoms with van der Waals surface area (Å²) >= 11 is 0. The summed E-state index contributed by atoms with van der Waals surface area (Å²) in [7, 11) is 0. The number of hydrogen-bond acceptors (Lipinski definition) is 2. The number of furan rings is 1. The highest BCUT2D eigenvalue weighted by Gasteiger charge is 2.20. The highest BCUT2D eigenvalue weighted by atomic mass is 16.3. The first-order valence-electron chi connectivity index (χ1n) is 17.7. The Kier molecular flexibility index (Phi) is 7.18. The minimum absolute atomic E-state index is 0.872. The van der Waals surface area contributed by atoms with E-state index in [9.17, 15) is 0 Å². The summed E-state index contributed by atoms with van der Waals surface area (Å²) < 4.78 is 6.37. The Hall–Kier alpha value is -6.90. The van der Waals surface area contributed by atoms with E-state index >= 15 is 0 Å². The molecule has 0 aliphatic carbocycles. The number of benzene rings is 9. The van der Waals surface area contributed by atoms with E-state index in [0.717, 1.165) is 39.0 Å². The Morgan fingerprint density at radius 3 is 1.63 bits per heavy atom. The zero-order chi connectivity index (χ0) is 34.4. The molecular formula is C50H33NO. The molecule has 52 heavy (non-hydrogen) atoms. The lowest BCUT2D eigenvalue weighted by atomic mass is 9.97. The zero-order valence-corrected chi connectivity index (χ0v) is 28.4. The molecule has 0 unspecified atom stereocenters. The molecule has 0 atom stereocenters. The molecule has 1 aromatic heterocycles. The second-order valence-electron chi connectivity index (χ2n) is 13.4. The Morgan fingerprint density at radius 2 is 0.846 bits per heavy atom. The summed E-state index contributed by atoms with van der Waals surface area (Å²) in [4.78, 5) is 2.37. The number of hydrogen-bond donors (Lipinski definition) is 0. The molecule has 0 fully saturated rings. The van der Waals surface area contributed by atoms with Gasteiger partial charge < -0.3 is 9.32 Å². The molecule has 0 radical (unpaired) electrons. The van der Waals surface area contributed by atoms with Crippen molar-refractivity contribution in [2.45, 2.75) is 0 Å². The van der Waals surface area contributed by atoms with Crippen molar-refractivity contribution in [1.82, 2.24) is 0 Å². The predicted octanol–water partition coefficient (Wildman–Crippen LogP) is 14.4. The van der Waals surface area contributed by atoms with Crippen molar-refractivity contribution in [2.75, 3.05) is 4.90 Å². The summed E-state index contributed by atoms with van der Waals surface area (Å²) in [5, 5.41) is 7.14. The molecule has 0 aliphatic heterocycles. The molecular weight excluding hydrogens is 631 g/mol. The summed E-state index contributed by atoms with van der Waals surface area (Å²) in [6.45, 7) is 0. The Labute approximate surface area is 302 Å². The van der Waals surface area contributed by atoms with E-state index in [1.807, 2.05) is 12.1 Å². The van der Waals surface area contributed by atoms with Crippen LogP contribution < -0.4 is 4.90 Å². The molecule has 244 valence electrons. The standard InChI is InChI=1S/C50H33NO/c1-2-10-34(11-3-1)40-23-21-37-22-24-41(32-43(37)31-40)36-26-28-44(29-27-36)51(47-17-9-19-49-50(47)46-16-6-7-18-48(46)52-49)45-15-8-14-39(33-45)42-25-20-35-12-4-5-13-38(35)30-42/h1-33H. The first-order valence-corrected chi connectivity index (χ1v) is 17.7. The Morgan fingerprint density at radius 1 is 0.308 bits per heavy atom. The third kappa shape index (κ3) is 5.30. The van der Waals surface area contributed by atoms with E-state index in [1.165, 1.54) is 54.9 Å². The van der Waals surface area contributed by atoms with Gasteiger partial charge in [-0.05, 0) is 116 Å². The molecule has 0 spiro atoms. The fourth-order valence-corrected chi connectivity index (χ4v) is 7.60. The maximum Gasteiger partial charge on any atom is 0.137 e. The van der Waals surface area contributed by atoms with E-state index in [4.69, 9.17) is 4.42 Å². The minimum Gasteiger partial charge on any atom is -0.456 e. The topological polar surface area (TPSA) is 16.4 Å². The first-order chi connectivity index (χ1) is 25.7. The quantitative estimate of drug-likeness (QED) is 0.176. The van der Waals surface area contributed by atoms with E-state index in [1.54, 1.807) is 0 Å². The largest absolute Gasteiger partial charge is 0.456 e. The van der Waals surface area contributed by atoms with Crippen molar-refractivity contribution < 1.29 is 4.42 Å². The molecule has 0 saturated carbocycles. The van der Waals surface area contributed by atoms with Crippen LogP contribution in [0.5, 0.6) is 0 Å². The van der Waals surface area contributed by atoms with Gasteiger partial charge in [0, 0.05) is 16.8 Å². The van der Waals surface area contributed by atoms with Gasteiger partial charge in [-0.25, -0.2) is 0 Å². The Balaban J connectivity index is 1.10. The lowest BCUT2D eigenvalue weighted by molar-refractivity contribution is 0.669. The van der Waals surface area contributed by atoms with Crippen LogP contribution in [0.1, 0.15) is 0 Å². The van der Waals surface area contributed by atoms with Gasteiger partial charge in [-0.1, -0.05) is 140 Å². The molecule has 2 heteroatoms. The van der Waals surface area contributed by atoms with Gasteiger partial charge in [-0.3, -0.25) is 0 Å². The molecule has 0 aliphatic rings. The number of rotatable bonds is 6. The number of fused-ring (bicyclic) bond motifs is 5.